The summed E-state index contributed by atoms with van der Waals surface area (Å²) in [4.78, 5) is 0. The van der Waals surface area contributed by atoms with Crippen LogP contribution < -0.4 is 5.73 Å². The van der Waals surface area contributed by atoms with Crippen LogP contribution >= 0.6 is 0 Å². The third kappa shape index (κ3) is 5.41. The lowest BCUT2D eigenvalue weighted by Crippen LogP contribution is -2.21. The van der Waals surface area contributed by atoms with E-state index in [9.17, 15) is 13.2 Å². The molecule has 0 aromatic carbocycles. The number of halogens is 3. The molecule has 74 valence electrons. The molecular weight excluding hydrogens is 167 g/mol. The summed E-state index contributed by atoms with van der Waals surface area (Å²) in [5, 5.41) is 0. The molecule has 2 N–H and O–H groups in total. The van der Waals surface area contributed by atoms with E-state index in [1.165, 1.54) is 0 Å². The van der Waals surface area contributed by atoms with E-state index in [1.807, 2.05) is 0 Å². The number of alkyl halides is 3. The van der Waals surface area contributed by atoms with Crippen LogP contribution in [0, 0.1) is 11.8 Å². The van der Waals surface area contributed by atoms with E-state index in [4.69, 9.17) is 5.73 Å². The molecular formula is C8H16F3N. The van der Waals surface area contributed by atoms with Crippen molar-refractivity contribution in [2.45, 2.75) is 32.9 Å². The SMILES string of the molecule is CC(C)C(CCN)CC(F)(F)F. The van der Waals surface area contributed by atoms with Crippen LogP contribution in [-0.2, 0) is 0 Å². The molecule has 4 heteroatoms. The molecule has 0 fully saturated rings. The first kappa shape index (κ1) is 11.8. The summed E-state index contributed by atoms with van der Waals surface area (Å²) in [6, 6.07) is 0. The molecule has 1 unspecified atom stereocenters. The summed E-state index contributed by atoms with van der Waals surface area (Å²) in [5.74, 6) is -0.273. The third-order valence-electron chi connectivity index (χ3n) is 1.97. The standard InChI is InChI=1S/C8H16F3N/c1-6(2)7(3-4-12)5-8(9,10)11/h6-7H,3-5,12H2,1-2H3. The molecule has 0 heterocycles. The van der Waals surface area contributed by atoms with Crippen LogP contribution in [0.25, 0.3) is 0 Å². The maximum Gasteiger partial charge on any atom is 0.389 e. The number of hydrogen-bond acceptors (Lipinski definition) is 1. The molecule has 0 saturated carbocycles. The number of hydrogen-bond donors (Lipinski definition) is 1. The van der Waals surface area contributed by atoms with Crippen LogP contribution in [0.15, 0.2) is 0 Å². The van der Waals surface area contributed by atoms with E-state index in [0.29, 0.717) is 13.0 Å². The molecule has 12 heavy (non-hydrogen) atoms. The van der Waals surface area contributed by atoms with Gasteiger partial charge < -0.3 is 5.73 Å². The summed E-state index contributed by atoms with van der Waals surface area (Å²) in [6.07, 6.45) is -4.30. The number of rotatable bonds is 4. The molecule has 0 rings (SSSR count). The Bertz CT molecular complexity index is 120. The minimum Gasteiger partial charge on any atom is -0.330 e. The minimum atomic E-state index is -4.05. The highest BCUT2D eigenvalue weighted by Crippen LogP contribution is 2.30. The second kappa shape index (κ2) is 4.70. The van der Waals surface area contributed by atoms with Gasteiger partial charge in [-0.25, -0.2) is 0 Å². The zero-order chi connectivity index (χ0) is 9.78. The summed E-state index contributed by atoms with van der Waals surface area (Å²) >= 11 is 0. The van der Waals surface area contributed by atoms with E-state index >= 15 is 0 Å². The van der Waals surface area contributed by atoms with E-state index in [1.54, 1.807) is 13.8 Å². The van der Waals surface area contributed by atoms with E-state index in [-0.39, 0.29) is 11.8 Å². The molecule has 0 aromatic rings. The van der Waals surface area contributed by atoms with E-state index in [0.717, 1.165) is 0 Å². The van der Waals surface area contributed by atoms with Crippen LogP contribution in [0.2, 0.25) is 0 Å². The van der Waals surface area contributed by atoms with Crippen LogP contribution in [0.5, 0.6) is 0 Å². The smallest absolute Gasteiger partial charge is 0.330 e. The fourth-order valence-corrected chi connectivity index (χ4v) is 1.18. The lowest BCUT2D eigenvalue weighted by molar-refractivity contribution is -0.147. The van der Waals surface area contributed by atoms with Crippen LogP contribution in [0.3, 0.4) is 0 Å². The molecule has 1 atom stereocenters. The molecule has 0 radical (unpaired) electrons. The van der Waals surface area contributed by atoms with Crippen molar-refractivity contribution in [3.05, 3.63) is 0 Å². The van der Waals surface area contributed by atoms with Crippen LogP contribution in [-0.4, -0.2) is 12.7 Å². The second-order valence-electron chi connectivity index (χ2n) is 3.40. The van der Waals surface area contributed by atoms with Crippen LogP contribution in [0.1, 0.15) is 26.7 Å². The van der Waals surface area contributed by atoms with Crippen molar-refractivity contribution in [2.75, 3.05) is 6.54 Å². The Balaban J connectivity index is 3.95. The first-order valence-corrected chi connectivity index (χ1v) is 4.13. The molecule has 0 amide bonds. The van der Waals surface area contributed by atoms with Gasteiger partial charge in [-0.15, -0.1) is 0 Å². The largest absolute Gasteiger partial charge is 0.389 e. The predicted molar refractivity (Wildman–Crippen MR) is 42.7 cm³/mol. The number of nitrogens with two attached hydrogens (primary N) is 1. The highest BCUT2D eigenvalue weighted by Gasteiger charge is 2.32. The van der Waals surface area contributed by atoms with Gasteiger partial charge in [0.15, 0.2) is 0 Å². The third-order valence-corrected chi connectivity index (χ3v) is 1.97. The van der Waals surface area contributed by atoms with Crippen molar-refractivity contribution in [1.29, 1.82) is 0 Å². The van der Waals surface area contributed by atoms with Crippen molar-refractivity contribution < 1.29 is 13.2 Å². The molecule has 0 aromatic heterocycles. The normalized spacial score (nSPS) is 15.2. The first-order valence-electron chi connectivity index (χ1n) is 4.13. The molecule has 0 saturated heterocycles. The van der Waals surface area contributed by atoms with Gasteiger partial charge in [-0.1, -0.05) is 13.8 Å². The van der Waals surface area contributed by atoms with Gasteiger partial charge >= 0.3 is 6.18 Å². The Labute approximate surface area is 71.1 Å². The molecule has 0 spiro atoms. The van der Waals surface area contributed by atoms with Crippen molar-refractivity contribution in [1.82, 2.24) is 0 Å². The average molecular weight is 183 g/mol. The molecule has 0 aliphatic carbocycles. The minimum absolute atomic E-state index is 0.0511. The average Bonchev–Trinajstić information content (AvgIpc) is 1.83. The molecule has 0 bridgehead atoms. The summed E-state index contributed by atoms with van der Waals surface area (Å²) in [5.41, 5.74) is 5.22. The van der Waals surface area contributed by atoms with Gasteiger partial charge in [0.2, 0.25) is 0 Å². The zero-order valence-electron chi connectivity index (χ0n) is 7.49. The molecule has 0 aliphatic heterocycles. The zero-order valence-corrected chi connectivity index (χ0v) is 7.49. The van der Waals surface area contributed by atoms with Gasteiger partial charge in [0, 0.05) is 6.42 Å². The maximum atomic E-state index is 11.9. The maximum absolute atomic E-state index is 11.9. The summed E-state index contributed by atoms with van der Waals surface area (Å²) in [7, 11) is 0. The Hall–Kier alpha value is -0.250. The highest BCUT2D eigenvalue weighted by atomic mass is 19.4. The van der Waals surface area contributed by atoms with Crippen molar-refractivity contribution in [3.63, 3.8) is 0 Å². The Morgan fingerprint density at radius 3 is 2.00 bits per heavy atom. The molecule has 1 nitrogen and oxygen atoms in total. The van der Waals surface area contributed by atoms with Crippen molar-refractivity contribution >= 4 is 0 Å². The monoisotopic (exact) mass is 183 g/mol. The Morgan fingerprint density at radius 1 is 1.25 bits per heavy atom. The first-order chi connectivity index (χ1) is 5.37. The molecule has 0 aliphatic rings. The van der Waals surface area contributed by atoms with E-state index < -0.39 is 12.6 Å². The summed E-state index contributed by atoms with van der Waals surface area (Å²) in [6.45, 7) is 3.93. The fourth-order valence-electron chi connectivity index (χ4n) is 1.18. The lowest BCUT2D eigenvalue weighted by Gasteiger charge is -2.21. The van der Waals surface area contributed by atoms with Gasteiger partial charge in [0.25, 0.3) is 0 Å². The highest BCUT2D eigenvalue weighted by molar-refractivity contribution is 4.67. The van der Waals surface area contributed by atoms with Gasteiger partial charge in [0.05, 0.1) is 0 Å². The van der Waals surface area contributed by atoms with Crippen molar-refractivity contribution in [3.8, 4) is 0 Å². The lowest BCUT2D eigenvalue weighted by atomic mass is 9.89. The van der Waals surface area contributed by atoms with Gasteiger partial charge in [-0.3, -0.25) is 0 Å². The second-order valence-corrected chi connectivity index (χ2v) is 3.40. The topological polar surface area (TPSA) is 26.0 Å². The van der Waals surface area contributed by atoms with Gasteiger partial charge in [-0.2, -0.15) is 13.2 Å². The van der Waals surface area contributed by atoms with Gasteiger partial charge in [0.1, 0.15) is 0 Å². The van der Waals surface area contributed by atoms with Crippen LogP contribution in [0.4, 0.5) is 13.2 Å². The summed E-state index contributed by atoms with van der Waals surface area (Å²) < 4.78 is 35.8. The Morgan fingerprint density at radius 2 is 1.75 bits per heavy atom. The van der Waals surface area contributed by atoms with Gasteiger partial charge in [-0.05, 0) is 24.8 Å². The van der Waals surface area contributed by atoms with Crippen molar-refractivity contribution in [2.24, 2.45) is 17.6 Å². The fraction of sp³-hybridized carbons (Fsp3) is 1.00. The quantitative estimate of drug-likeness (QED) is 0.712. The van der Waals surface area contributed by atoms with E-state index in [2.05, 4.69) is 0 Å². The Kier molecular flexibility index (Phi) is 4.60. The predicted octanol–water partition coefficient (Wildman–Crippen LogP) is 2.56.